The van der Waals surface area contributed by atoms with Gasteiger partial charge in [0.25, 0.3) is 0 Å². The number of hydrogen-bond acceptors (Lipinski definition) is 6. The minimum atomic E-state index is -0.365. The SMILES string of the molecule is COC(=O)CN(Cc1cccc(C)c1CO/N=C(\C)c1ccc(Cl)cc1)OC. The maximum Gasteiger partial charge on any atom is 0.322 e. The summed E-state index contributed by atoms with van der Waals surface area (Å²) in [5, 5.41) is 6.43. The van der Waals surface area contributed by atoms with E-state index in [0.29, 0.717) is 18.2 Å². The molecule has 6 nitrogen and oxygen atoms in total. The average Bonchev–Trinajstić information content (AvgIpc) is 2.69. The van der Waals surface area contributed by atoms with Crippen LogP contribution < -0.4 is 0 Å². The number of methoxy groups -OCH3 is 1. The highest BCUT2D eigenvalue weighted by molar-refractivity contribution is 6.30. The lowest BCUT2D eigenvalue weighted by Crippen LogP contribution is -2.29. The molecule has 0 saturated carbocycles. The van der Waals surface area contributed by atoms with Crippen LogP contribution in [0.2, 0.25) is 5.02 Å². The molecule has 0 aliphatic carbocycles. The molecule has 0 aliphatic heterocycles. The molecule has 0 spiro atoms. The van der Waals surface area contributed by atoms with Crippen LogP contribution in [0.5, 0.6) is 0 Å². The third kappa shape index (κ3) is 6.34. The second-order valence-corrected chi connectivity index (χ2v) is 6.66. The van der Waals surface area contributed by atoms with Gasteiger partial charge in [-0.25, -0.2) is 0 Å². The van der Waals surface area contributed by atoms with Crippen molar-refractivity contribution < 1.29 is 19.2 Å². The number of carbonyl (C=O) groups excluding carboxylic acids is 1. The molecule has 2 aromatic carbocycles. The fourth-order valence-corrected chi connectivity index (χ4v) is 2.76. The first-order valence-electron chi connectivity index (χ1n) is 8.80. The molecule has 0 fully saturated rings. The van der Waals surface area contributed by atoms with Gasteiger partial charge < -0.3 is 14.4 Å². The predicted molar refractivity (Wildman–Crippen MR) is 109 cm³/mol. The summed E-state index contributed by atoms with van der Waals surface area (Å²) in [7, 11) is 2.87. The predicted octanol–water partition coefficient (Wildman–Crippen LogP) is 4.13. The van der Waals surface area contributed by atoms with E-state index < -0.39 is 0 Å². The van der Waals surface area contributed by atoms with Crippen LogP contribution in [0.4, 0.5) is 0 Å². The Morgan fingerprint density at radius 2 is 1.86 bits per heavy atom. The molecule has 28 heavy (non-hydrogen) atoms. The van der Waals surface area contributed by atoms with Crippen molar-refractivity contribution in [2.24, 2.45) is 5.16 Å². The third-order valence-electron chi connectivity index (χ3n) is 4.32. The molecular formula is C21H25ClN2O4. The van der Waals surface area contributed by atoms with Crippen molar-refractivity contribution in [1.82, 2.24) is 5.06 Å². The largest absolute Gasteiger partial charge is 0.468 e. The zero-order chi connectivity index (χ0) is 20.5. The van der Waals surface area contributed by atoms with E-state index in [-0.39, 0.29) is 12.5 Å². The van der Waals surface area contributed by atoms with E-state index in [1.54, 1.807) is 0 Å². The zero-order valence-corrected chi connectivity index (χ0v) is 17.3. The number of oxime groups is 1. The minimum Gasteiger partial charge on any atom is -0.468 e. The van der Waals surface area contributed by atoms with Crippen LogP contribution in [-0.2, 0) is 32.4 Å². The zero-order valence-electron chi connectivity index (χ0n) is 16.6. The Kier molecular flexibility index (Phi) is 8.44. The number of esters is 1. The number of benzene rings is 2. The van der Waals surface area contributed by atoms with Crippen LogP contribution in [0, 0.1) is 6.92 Å². The van der Waals surface area contributed by atoms with Gasteiger partial charge in [-0.1, -0.05) is 47.1 Å². The first-order valence-corrected chi connectivity index (χ1v) is 9.18. The van der Waals surface area contributed by atoms with Crippen molar-refractivity contribution >= 4 is 23.3 Å². The van der Waals surface area contributed by atoms with E-state index in [4.69, 9.17) is 26.0 Å². The van der Waals surface area contributed by atoms with Crippen molar-refractivity contribution in [3.8, 4) is 0 Å². The molecule has 0 aromatic heterocycles. The lowest BCUT2D eigenvalue weighted by Gasteiger charge is -2.20. The first kappa shape index (κ1) is 21.9. The molecule has 7 heteroatoms. The van der Waals surface area contributed by atoms with Gasteiger partial charge in [0.2, 0.25) is 0 Å². The number of nitrogens with zero attached hydrogens (tertiary/aromatic N) is 2. The maximum atomic E-state index is 11.5. The summed E-state index contributed by atoms with van der Waals surface area (Å²) >= 11 is 5.92. The highest BCUT2D eigenvalue weighted by atomic mass is 35.5. The molecular weight excluding hydrogens is 380 g/mol. The summed E-state index contributed by atoms with van der Waals surface area (Å²) < 4.78 is 4.70. The van der Waals surface area contributed by atoms with Crippen LogP contribution in [0.15, 0.2) is 47.6 Å². The fraction of sp³-hybridized carbons (Fsp3) is 0.333. The number of hydroxylamine groups is 2. The number of halogens is 1. The van der Waals surface area contributed by atoms with E-state index in [2.05, 4.69) is 5.16 Å². The van der Waals surface area contributed by atoms with Crippen LogP contribution >= 0.6 is 11.6 Å². The Morgan fingerprint density at radius 1 is 1.14 bits per heavy atom. The van der Waals surface area contributed by atoms with Gasteiger partial charge in [0.1, 0.15) is 13.2 Å². The highest BCUT2D eigenvalue weighted by Crippen LogP contribution is 2.18. The average molecular weight is 405 g/mol. The molecule has 2 aromatic rings. The summed E-state index contributed by atoms with van der Waals surface area (Å²) in [5.41, 5.74) is 4.77. The lowest BCUT2D eigenvalue weighted by atomic mass is 10.0. The maximum absolute atomic E-state index is 11.5. The Hall–Kier alpha value is -2.41. The Morgan fingerprint density at radius 3 is 2.50 bits per heavy atom. The van der Waals surface area contributed by atoms with Gasteiger partial charge in [0.05, 0.1) is 26.5 Å². The monoisotopic (exact) mass is 404 g/mol. The quantitative estimate of drug-likeness (QED) is 0.357. The van der Waals surface area contributed by atoms with E-state index in [9.17, 15) is 4.79 Å². The normalized spacial score (nSPS) is 11.6. The summed E-state index contributed by atoms with van der Waals surface area (Å²) in [5.74, 6) is -0.365. The summed E-state index contributed by atoms with van der Waals surface area (Å²) in [6.07, 6.45) is 0. The molecule has 0 unspecified atom stereocenters. The Labute approximate surface area is 170 Å². The summed E-state index contributed by atoms with van der Waals surface area (Å²) in [4.78, 5) is 22.4. The van der Waals surface area contributed by atoms with E-state index in [0.717, 1.165) is 28.0 Å². The van der Waals surface area contributed by atoms with Gasteiger partial charge >= 0.3 is 5.97 Å². The number of aryl methyl sites for hydroxylation is 1. The molecule has 0 N–H and O–H groups in total. The first-order chi connectivity index (χ1) is 13.4. The summed E-state index contributed by atoms with van der Waals surface area (Å²) in [6, 6.07) is 13.4. The van der Waals surface area contributed by atoms with Crippen molar-refractivity contribution in [1.29, 1.82) is 0 Å². The lowest BCUT2D eigenvalue weighted by molar-refractivity contribution is -0.169. The van der Waals surface area contributed by atoms with Crippen LogP contribution in [-0.4, -0.2) is 37.5 Å². The second kappa shape index (κ2) is 10.8. The fourth-order valence-electron chi connectivity index (χ4n) is 2.64. The van der Waals surface area contributed by atoms with Crippen LogP contribution in [0.3, 0.4) is 0 Å². The molecule has 0 radical (unpaired) electrons. The van der Waals surface area contributed by atoms with E-state index in [1.807, 2.05) is 56.3 Å². The standard InChI is InChI=1S/C21H25ClN2O4/c1-15-6-5-7-18(12-24(27-4)13-21(25)26-3)20(15)14-28-23-16(2)17-8-10-19(22)11-9-17/h5-11H,12-14H2,1-4H3/b23-16+. The Balaban J connectivity index is 2.09. The smallest absolute Gasteiger partial charge is 0.322 e. The molecule has 0 saturated heterocycles. The molecule has 0 aliphatic rings. The van der Waals surface area contributed by atoms with Gasteiger partial charge in [0.15, 0.2) is 0 Å². The number of rotatable bonds is 9. The summed E-state index contributed by atoms with van der Waals surface area (Å²) in [6.45, 7) is 4.66. The molecule has 0 bridgehead atoms. The van der Waals surface area contributed by atoms with E-state index >= 15 is 0 Å². The van der Waals surface area contributed by atoms with Crippen LogP contribution in [0.25, 0.3) is 0 Å². The highest BCUT2D eigenvalue weighted by Gasteiger charge is 2.14. The van der Waals surface area contributed by atoms with E-state index in [1.165, 1.54) is 19.3 Å². The number of ether oxygens (including phenoxy) is 1. The van der Waals surface area contributed by atoms with Gasteiger partial charge in [-0.2, -0.15) is 5.06 Å². The van der Waals surface area contributed by atoms with Crippen molar-refractivity contribution in [3.63, 3.8) is 0 Å². The molecule has 150 valence electrons. The van der Waals surface area contributed by atoms with Gasteiger partial charge in [0, 0.05) is 5.02 Å². The van der Waals surface area contributed by atoms with Crippen molar-refractivity contribution in [3.05, 3.63) is 69.7 Å². The van der Waals surface area contributed by atoms with Gasteiger partial charge in [-0.05, 0) is 48.2 Å². The van der Waals surface area contributed by atoms with Crippen LogP contribution in [0.1, 0.15) is 29.2 Å². The molecule has 0 atom stereocenters. The number of hydrogen-bond donors (Lipinski definition) is 0. The second-order valence-electron chi connectivity index (χ2n) is 6.23. The molecule has 0 heterocycles. The van der Waals surface area contributed by atoms with Gasteiger partial charge in [-0.15, -0.1) is 0 Å². The van der Waals surface area contributed by atoms with Gasteiger partial charge in [-0.3, -0.25) is 4.79 Å². The number of carbonyl (C=O) groups is 1. The van der Waals surface area contributed by atoms with Crippen molar-refractivity contribution in [2.45, 2.75) is 27.0 Å². The van der Waals surface area contributed by atoms with Crippen molar-refractivity contribution in [2.75, 3.05) is 20.8 Å². The topological polar surface area (TPSA) is 60.4 Å². The molecule has 0 amide bonds. The Bertz CT molecular complexity index is 822. The molecule has 2 rings (SSSR count). The minimum absolute atomic E-state index is 0.0368. The third-order valence-corrected chi connectivity index (χ3v) is 4.57.